The number of rotatable bonds is 3. The Balaban J connectivity index is 2.38. The lowest BCUT2D eigenvalue weighted by Crippen LogP contribution is -1.90. The summed E-state index contributed by atoms with van der Waals surface area (Å²) in [7, 11) is 0. The van der Waals surface area contributed by atoms with Crippen LogP contribution >= 0.6 is 0 Å². The molecule has 0 saturated carbocycles. The summed E-state index contributed by atoms with van der Waals surface area (Å²) in [6.45, 7) is 3.41. The van der Waals surface area contributed by atoms with E-state index in [0.29, 0.717) is 5.56 Å². The molecule has 17 heavy (non-hydrogen) atoms. The van der Waals surface area contributed by atoms with Gasteiger partial charge in [-0.15, -0.1) is 0 Å². The zero-order chi connectivity index (χ0) is 12.3. The van der Waals surface area contributed by atoms with Gasteiger partial charge in [-0.2, -0.15) is 0 Å². The Morgan fingerprint density at radius 2 is 1.71 bits per heavy atom. The summed E-state index contributed by atoms with van der Waals surface area (Å²) in [6, 6.07) is 12.5. The second kappa shape index (κ2) is 4.93. The predicted octanol–water partition coefficient (Wildman–Crippen LogP) is 3.63. The highest BCUT2D eigenvalue weighted by Crippen LogP contribution is 2.22. The van der Waals surface area contributed by atoms with Crippen LogP contribution in [0.3, 0.4) is 0 Å². The van der Waals surface area contributed by atoms with E-state index in [1.165, 1.54) is 6.07 Å². The molecule has 0 unspecified atom stereocenters. The van der Waals surface area contributed by atoms with Crippen LogP contribution in [0.4, 0.5) is 4.39 Å². The Kier molecular flexibility index (Phi) is 3.35. The fourth-order valence-corrected chi connectivity index (χ4v) is 1.67. The van der Waals surface area contributed by atoms with Crippen LogP contribution in [0.15, 0.2) is 49.0 Å². The molecule has 0 saturated heterocycles. The molecule has 2 heteroatoms. The molecule has 0 fully saturated rings. The van der Waals surface area contributed by atoms with E-state index >= 15 is 0 Å². The average Bonchev–Trinajstić information content (AvgIpc) is 2.39. The van der Waals surface area contributed by atoms with E-state index in [2.05, 4.69) is 6.58 Å². The van der Waals surface area contributed by atoms with Crippen molar-refractivity contribution in [2.45, 2.75) is 6.61 Å². The van der Waals surface area contributed by atoms with Crippen molar-refractivity contribution < 1.29 is 9.50 Å². The van der Waals surface area contributed by atoms with Gasteiger partial charge in [-0.05, 0) is 22.8 Å². The molecule has 0 spiro atoms. The second-order valence-corrected chi connectivity index (χ2v) is 3.79. The number of halogens is 1. The first-order valence-electron chi connectivity index (χ1n) is 5.37. The Hall–Kier alpha value is -1.93. The van der Waals surface area contributed by atoms with Gasteiger partial charge in [0.15, 0.2) is 0 Å². The molecule has 86 valence electrons. The van der Waals surface area contributed by atoms with Gasteiger partial charge in [0.1, 0.15) is 5.82 Å². The smallest absolute Gasteiger partial charge is 0.129 e. The van der Waals surface area contributed by atoms with Crippen molar-refractivity contribution in [1.29, 1.82) is 0 Å². The highest BCUT2D eigenvalue weighted by Gasteiger charge is 2.04. The Labute approximate surface area is 99.9 Å². The highest BCUT2D eigenvalue weighted by molar-refractivity contribution is 5.65. The quantitative estimate of drug-likeness (QED) is 0.850. The maximum atomic E-state index is 13.5. The molecule has 1 nitrogen and oxygen atoms in total. The fraction of sp³-hybridized carbons (Fsp3) is 0.0667. The van der Waals surface area contributed by atoms with Gasteiger partial charge in [0.2, 0.25) is 0 Å². The van der Waals surface area contributed by atoms with Crippen molar-refractivity contribution in [3.63, 3.8) is 0 Å². The maximum Gasteiger partial charge on any atom is 0.129 e. The Bertz CT molecular complexity index is 529. The van der Waals surface area contributed by atoms with E-state index in [0.717, 1.165) is 16.7 Å². The van der Waals surface area contributed by atoms with Crippen molar-refractivity contribution in [2.24, 2.45) is 0 Å². The zero-order valence-electron chi connectivity index (χ0n) is 9.36. The first kappa shape index (κ1) is 11.6. The average molecular weight is 228 g/mol. The molecule has 0 heterocycles. The van der Waals surface area contributed by atoms with E-state index in [4.69, 9.17) is 5.11 Å². The van der Waals surface area contributed by atoms with Gasteiger partial charge >= 0.3 is 0 Å². The molecule has 2 rings (SSSR count). The van der Waals surface area contributed by atoms with E-state index in [1.54, 1.807) is 18.2 Å². The molecular formula is C15H13FO. The molecule has 0 aromatic heterocycles. The predicted molar refractivity (Wildman–Crippen MR) is 67.8 cm³/mol. The molecule has 0 amide bonds. The molecule has 0 bridgehead atoms. The SMILES string of the molecule is C=Cc1ccc(-c2ccc(CO)c(F)c2)cc1. The summed E-state index contributed by atoms with van der Waals surface area (Å²) < 4.78 is 13.5. The third-order valence-electron chi connectivity index (χ3n) is 2.70. The first-order valence-corrected chi connectivity index (χ1v) is 5.37. The minimum absolute atomic E-state index is 0.276. The normalized spacial score (nSPS) is 10.2. The number of hydrogen-bond acceptors (Lipinski definition) is 1. The number of aliphatic hydroxyl groups excluding tert-OH is 1. The molecule has 2 aromatic rings. The van der Waals surface area contributed by atoms with Gasteiger partial charge in [-0.25, -0.2) is 4.39 Å². The summed E-state index contributed by atoms with van der Waals surface area (Å²) in [5.41, 5.74) is 3.09. The minimum atomic E-state index is -0.377. The molecule has 0 aliphatic heterocycles. The number of benzene rings is 2. The molecule has 0 atom stereocenters. The first-order chi connectivity index (χ1) is 8.24. The van der Waals surface area contributed by atoms with Crippen molar-refractivity contribution in [2.75, 3.05) is 0 Å². The van der Waals surface area contributed by atoms with Crippen LogP contribution in [-0.2, 0) is 6.61 Å². The van der Waals surface area contributed by atoms with Crippen LogP contribution in [0, 0.1) is 5.82 Å². The summed E-state index contributed by atoms with van der Waals surface area (Å²) in [4.78, 5) is 0. The highest BCUT2D eigenvalue weighted by atomic mass is 19.1. The standard InChI is InChI=1S/C15H13FO/c1-2-11-3-5-12(6-4-11)13-7-8-14(10-17)15(16)9-13/h2-9,17H,1,10H2. The summed E-state index contributed by atoms with van der Waals surface area (Å²) in [5, 5.41) is 8.90. The van der Waals surface area contributed by atoms with E-state index in [-0.39, 0.29) is 12.4 Å². The van der Waals surface area contributed by atoms with Crippen LogP contribution in [0.2, 0.25) is 0 Å². The zero-order valence-corrected chi connectivity index (χ0v) is 9.36. The van der Waals surface area contributed by atoms with Crippen LogP contribution in [0.25, 0.3) is 17.2 Å². The van der Waals surface area contributed by atoms with Crippen LogP contribution in [0.1, 0.15) is 11.1 Å². The molecule has 1 N–H and O–H groups in total. The lowest BCUT2D eigenvalue weighted by molar-refractivity contribution is 0.276. The van der Waals surface area contributed by atoms with Crippen LogP contribution in [-0.4, -0.2) is 5.11 Å². The van der Waals surface area contributed by atoms with Gasteiger partial charge in [-0.1, -0.05) is 49.1 Å². The lowest BCUT2D eigenvalue weighted by Gasteiger charge is -2.05. The van der Waals surface area contributed by atoms with Crippen molar-refractivity contribution in [1.82, 2.24) is 0 Å². The molecular weight excluding hydrogens is 215 g/mol. The lowest BCUT2D eigenvalue weighted by atomic mass is 10.0. The van der Waals surface area contributed by atoms with Gasteiger partial charge in [0.05, 0.1) is 6.61 Å². The van der Waals surface area contributed by atoms with Crippen molar-refractivity contribution >= 4 is 6.08 Å². The molecule has 0 radical (unpaired) electrons. The van der Waals surface area contributed by atoms with E-state index in [9.17, 15) is 4.39 Å². The summed E-state index contributed by atoms with van der Waals surface area (Å²) in [5.74, 6) is -0.377. The molecule has 0 aliphatic rings. The molecule has 2 aromatic carbocycles. The van der Waals surface area contributed by atoms with Gasteiger partial charge < -0.3 is 5.11 Å². The monoisotopic (exact) mass is 228 g/mol. The van der Waals surface area contributed by atoms with E-state index in [1.807, 2.05) is 24.3 Å². The molecule has 0 aliphatic carbocycles. The van der Waals surface area contributed by atoms with E-state index < -0.39 is 0 Å². The largest absolute Gasteiger partial charge is 0.392 e. The van der Waals surface area contributed by atoms with Gasteiger partial charge in [-0.3, -0.25) is 0 Å². The fourth-order valence-electron chi connectivity index (χ4n) is 1.67. The third-order valence-corrected chi connectivity index (χ3v) is 2.70. The van der Waals surface area contributed by atoms with Crippen LogP contribution in [0.5, 0.6) is 0 Å². The van der Waals surface area contributed by atoms with Crippen LogP contribution < -0.4 is 0 Å². The van der Waals surface area contributed by atoms with Gasteiger partial charge in [0.25, 0.3) is 0 Å². The maximum absolute atomic E-state index is 13.5. The summed E-state index contributed by atoms with van der Waals surface area (Å²) in [6.07, 6.45) is 1.76. The third kappa shape index (κ3) is 2.43. The van der Waals surface area contributed by atoms with Crippen molar-refractivity contribution in [3.05, 3.63) is 66.0 Å². The Morgan fingerprint density at radius 3 is 2.24 bits per heavy atom. The number of aliphatic hydroxyl groups is 1. The minimum Gasteiger partial charge on any atom is -0.392 e. The topological polar surface area (TPSA) is 20.2 Å². The summed E-state index contributed by atoms with van der Waals surface area (Å²) >= 11 is 0. The van der Waals surface area contributed by atoms with Crippen molar-refractivity contribution in [3.8, 4) is 11.1 Å². The second-order valence-electron chi connectivity index (χ2n) is 3.79. The number of hydrogen-bond donors (Lipinski definition) is 1. The Morgan fingerprint density at radius 1 is 1.06 bits per heavy atom. The van der Waals surface area contributed by atoms with Gasteiger partial charge in [0, 0.05) is 5.56 Å².